The van der Waals surface area contributed by atoms with E-state index in [2.05, 4.69) is 36.6 Å². The van der Waals surface area contributed by atoms with Gasteiger partial charge in [-0.3, -0.25) is 4.79 Å². The first-order valence-corrected chi connectivity index (χ1v) is 8.17. The Labute approximate surface area is 141 Å². The van der Waals surface area contributed by atoms with Gasteiger partial charge in [0.05, 0.1) is 4.47 Å². The molecule has 1 saturated carbocycles. The molecule has 0 bridgehead atoms. The number of carbonyl (C=O) groups excluding carboxylic acids is 1. The fraction of sp³-hybridized carbons (Fsp3) is 0.188. The topological polar surface area (TPSA) is 71.3 Å². The molecule has 2 aromatic heterocycles. The zero-order valence-corrected chi connectivity index (χ0v) is 13.7. The van der Waals surface area contributed by atoms with Crippen LogP contribution in [-0.2, 0) is 0 Å². The molecule has 0 radical (unpaired) electrons. The fourth-order valence-corrected chi connectivity index (χ4v) is 2.68. The van der Waals surface area contributed by atoms with E-state index in [-0.39, 0.29) is 5.91 Å². The zero-order chi connectivity index (χ0) is 15.8. The molecular formula is C16H14BrN5O. The molecule has 7 heteroatoms. The van der Waals surface area contributed by atoms with Gasteiger partial charge >= 0.3 is 0 Å². The monoisotopic (exact) mass is 371 g/mol. The van der Waals surface area contributed by atoms with Crippen molar-refractivity contribution in [2.45, 2.75) is 18.9 Å². The van der Waals surface area contributed by atoms with E-state index in [1.165, 1.54) is 0 Å². The summed E-state index contributed by atoms with van der Waals surface area (Å²) in [4.78, 5) is 16.4. The first-order valence-electron chi connectivity index (χ1n) is 7.38. The van der Waals surface area contributed by atoms with Gasteiger partial charge in [-0.1, -0.05) is 0 Å². The van der Waals surface area contributed by atoms with Gasteiger partial charge in [-0.25, -0.2) is 4.52 Å². The molecule has 2 heterocycles. The van der Waals surface area contributed by atoms with Gasteiger partial charge in [0.25, 0.3) is 5.91 Å². The Bertz CT molecular complexity index is 870. The summed E-state index contributed by atoms with van der Waals surface area (Å²) in [7, 11) is 0. The smallest absolute Gasteiger partial charge is 0.251 e. The minimum absolute atomic E-state index is 0.0196. The summed E-state index contributed by atoms with van der Waals surface area (Å²) in [5.41, 5.74) is 2.24. The van der Waals surface area contributed by atoms with Crippen molar-refractivity contribution in [3.63, 3.8) is 0 Å². The lowest BCUT2D eigenvalue weighted by Gasteiger charge is -2.05. The molecule has 6 nitrogen and oxygen atoms in total. The predicted octanol–water partition coefficient (Wildman–Crippen LogP) is 3.13. The minimum atomic E-state index is -0.0196. The molecular weight excluding hydrogens is 358 g/mol. The third-order valence-corrected chi connectivity index (χ3v) is 4.25. The molecule has 0 unspecified atom stereocenters. The van der Waals surface area contributed by atoms with Crippen molar-refractivity contribution in [3.8, 4) is 0 Å². The van der Waals surface area contributed by atoms with Gasteiger partial charge in [-0.2, -0.15) is 4.98 Å². The lowest BCUT2D eigenvalue weighted by Crippen LogP contribution is -2.25. The van der Waals surface area contributed by atoms with E-state index in [1.807, 2.05) is 30.5 Å². The number of nitrogens with one attached hydrogen (secondary N) is 2. The number of anilines is 2. The Kier molecular flexibility index (Phi) is 3.49. The second-order valence-corrected chi connectivity index (χ2v) is 6.36. The molecule has 0 spiro atoms. The van der Waals surface area contributed by atoms with Crippen LogP contribution in [0.3, 0.4) is 0 Å². The molecule has 2 N–H and O–H groups in total. The summed E-state index contributed by atoms with van der Waals surface area (Å²) in [6.07, 6.45) is 4.00. The first kappa shape index (κ1) is 14.2. The molecule has 3 aromatic rings. The lowest BCUT2D eigenvalue weighted by atomic mass is 10.2. The summed E-state index contributed by atoms with van der Waals surface area (Å²) in [6.45, 7) is 0. The number of fused-ring (bicyclic) bond motifs is 1. The van der Waals surface area contributed by atoms with Crippen molar-refractivity contribution in [3.05, 3.63) is 52.6 Å². The highest BCUT2D eigenvalue weighted by atomic mass is 79.9. The van der Waals surface area contributed by atoms with Crippen molar-refractivity contribution < 1.29 is 4.79 Å². The van der Waals surface area contributed by atoms with Crippen molar-refractivity contribution in [2.75, 3.05) is 5.32 Å². The Morgan fingerprint density at radius 3 is 2.70 bits per heavy atom. The molecule has 1 aliphatic carbocycles. The minimum Gasteiger partial charge on any atom is -0.349 e. The molecule has 1 aliphatic rings. The van der Waals surface area contributed by atoms with Crippen LogP contribution in [-0.4, -0.2) is 26.5 Å². The number of pyridine rings is 1. The molecule has 116 valence electrons. The number of hydrogen-bond donors (Lipinski definition) is 2. The van der Waals surface area contributed by atoms with Crippen LogP contribution in [0.2, 0.25) is 0 Å². The standard InChI is InChI=1S/C16H14BrN5O/c17-13-2-1-9-22-14(13)20-16(21-22)19-12-5-3-10(4-6-12)15(23)18-11-7-8-11/h1-6,9,11H,7-8H2,(H,18,23)(H,19,21). The Morgan fingerprint density at radius 2 is 2.00 bits per heavy atom. The Hall–Kier alpha value is -2.41. The lowest BCUT2D eigenvalue weighted by molar-refractivity contribution is 0.0951. The molecule has 1 fully saturated rings. The maximum absolute atomic E-state index is 12.0. The van der Waals surface area contributed by atoms with Crippen LogP contribution in [0, 0.1) is 0 Å². The molecule has 0 aliphatic heterocycles. The highest BCUT2D eigenvalue weighted by Crippen LogP contribution is 2.21. The second-order valence-electron chi connectivity index (χ2n) is 5.51. The van der Waals surface area contributed by atoms with Crippen LogP contribution < -0.4 is 10.6 Å². The SMILES string of the molecule is O=C(NC1CC1)c1ccc(Nc2nc3c(Br)cccn3n2)cc1. The predicted molar refractivity (Wildman–Crippen MR) is 90.9 cm³/mol. The van der Waals surface area contributed by atoms with Gasteiger partial charge in [0.1, 0.15) is 0 Å². The highest BCUT2D eigenvalue weighted by Gasteiger charge is 2.23. The number of hydrogen-bond acceptors (Lipinski definition) is 4. The van der Waals surface area contributed by atoms with E-state index in [9.17, 15) is 4.79 Å². The molecule has 4 rings (SSSR count). The highest BCUT2D eigenvalue weighted by molar-refractivity contribution is 9.10. The molecule has 1 aromatic carbocycles. The Morgan fingerprint density at radius 1 is 1.22 bits per heavy atom. The van der Waals surface area contributed by atoms with Crippen LogP contribution in [0.1, 0.15) is 23.2 Å². The quantitative estimate of drug-likeness (QED) is 0.738. The van der Waals surface area contributed by atoms with Crippen LogP contribution >= 0.6 is 15.9 Å². The first-order chi connectivity index (χ1) is 11.2. The summed E-state index contributed by atoms with van der Waals surface area (Å²) in [6, 6.07) is 11.5. The molecule has 1 amide bonds. The third-order valence-electron chi connectivity index (χ3n) is 3.63. The maximum Gasteiger partial charge on any atom is 0.251 e. The van der Waals surface area contributed by atoms with Gasteiger partial charge < -0.3 is 10.6 Å². The van der Waals surface area contributed by atoms with Crippen molar-refractivity contribution >= 4 is 39.1 Å². The van der Waals surface area contributed by atoms with Crippen LogP contribution in [0.15, 0.2) is 47.1 Å². The fourth-order valence-electron chi connectivity index (χ4n) is 2.26. The van der Waals surface area contributed by atoms with E-state index in [1.54, 1.807) is 16.6 Å². The van der Waals surface area contributed by atoms with E-state index in [0.717, 1.165) is 28.6 Å². The number of halogens is 1. The summed E-state index contributed by atoms with van der Waals surface area (Å²) >= 11 is 3.45. The van der Waals surface area contributed by atoms with Gasteiger partial charge in [-0.15, -0.1) is 5.10 Å². The van der Waals surface area contributed by atoms with Crippen LogP contribution in [0.25, 0.3) is 5.65 Å². The van der Waals surface area contributed by atoms with Crippen molar-refractivity contribution in [1.29, 1.82) is 0 Å². The summed E-state index contributed by atoms with van der Waals surface area (Å²) in [5.74, 6) is 0.487. The van der Waals surface area contributed by atoms with Crippen molar-refractivity contribution in [2.24, 2.45) is 0 Å². The number of benzene rings is 1. The van der Waals surface area contributed by atoms with E-state index in [4.69, 9.17) is 0 Å². The average molecular weight is 372 g/mol. The third kappa shape index (κ3) is 3.05. The van der Waals surface area contributed by atoms with Crippen LogP contribution in [0.5, 0.6) is 0 Å². The average Bonchev–Trinajstić information content (AvgIpc) is 3.25. The largest absolute Gasteiger partial charge is 0.349 e. The van der Waals surface area contributed by atoms with E-state index >= 15 is 0 Å². The van der Waals surface area contributed by atoms with Gasteiger partial charge in [0.2, 0.25) is 5.95 Å². The van der Waals surface area contributed by atoms with E-state index < -0.39 is 0 Å². The number of amides is 1. The second kappa shape index (κ2) is 5.66. The van der Waals surface area contributed by atoms with E-state index in [0.29, 0.717) is 17.6 Å². The molecule has 0 saturated heterocycles. The molecule has 23 heavy (non-hydrogen) atoms. The van der Waals surface area contributed by atoms with Crippen LogP contribution in [0.4, 0.5) is 11.6 Å². The van der Waals surface area contributed by atoms with Gasteiger partial charge in [0.15, 0.2) is 5.65 Å². The number of rotatable bonds is 4. The molecule has 0 atom stereocenters. The maximum atomic E-state index is 12.0. The summed E-state index contributed by atoms with van der Waals surface area (Å²) in [5, 5.41) is 10.5. The van der Waals surface area contributed by atoms with Crippen molar-refractivity contribution in [1.82, 2.24) is 19.9 Å². The number of carbonyl (C=O) groups is 1. The number of aromatic nitrogens is 3. The summed E-state index contributed by atoms with van der Waals surface area (Å²) < 4.78 is 2.58. The normalized spacial score (nSPS) is 14.0. The number of nitrogens with zero attached hydrogens (tertiary/aromatic N) is 3. The van der Waals surface area contributed by atoms with Gasteiger partial charge in [-0.05, 0) is 65.2 Å². The zero-order valence-electron chi connectivity index (χ0n) is 12.2. The Balaban J connectivity index is 1.51. The van der Waals surface area contributed by atoms with Gasteiger partial charge in [0, 0.05) is 23.5 Å².